The van der Waals surface area contributed by atoms with Gasteiger partial charge in [-0.05, 0) is 36.0 Å². The van der Waals surface area contributed by atoms with Crippen LogP contribution in [0.5, 0.6) is 0 Å². The molecule has 82 valence electrons. The number of thioether (sulfide) groups is 1. The standard InChI is InChI=1S/C12H15BrOS/c13-11-4-2-1-3-10(11)9-12(14)5-7-15-8-6-12/h1-4,14H,5-9H2. The summed E-state index contributed by atoms with van der Waals surface area (Å²) in [4.78, 5) is 0. The highest BCUT2D eigenvalue weighted by Gasteiger charge is 2.29. The van der Waals surface area contributed by atoms with Crippen molar-refractivity contribution in [2.45, 2.75) is 24.9 Å². The molecule has 1 fully saturated rings. The predicted octanol–water partition coefficient (Wildman–Crippen LogP) is 3.25. The van der Waals surface area contributed by atoms with Gasteiger partial charge in [-0.3, -0.25) is 0 Å². The van der Waals surface area contributed by atoms with E-state index in [0.29, 0.717) is 0 Å². The van der Waals surface area contributed by atoms with Gasteiger partial charge in [-0.15, -0.1) is 0 Å². The van der Waals surface area contributed by atoms with Gasteiger partial charge in [0.25, 0.3) is 0 Å². The number of rotatable bonds is 2. The Bertz CT molecular complexity index is 334. The number of hydrogen-bond donors (Lipinski definition) is 1. The minimum atomic E-state index is -0.477. The number of hydrogen-bond acceptors (Lipinski definition) is 2. The maximum Gasteiger partial charge on any atom is 0.0704 e. The second-order valence-corrected chi connectivity index (χ2v) is 6.18. The Balaban J connectivity index is 2.10. The fourth-order valence-electron chi connectivity index (χ4n) is 1.92. The Morgan fingerprint density at radius 3 is 2.60 bits per heavy atom. The first-order valence-corrected chi connectivity index (χ1v) is 7.18. The van der Waals surface area contributed by atoms with Gasteiger partial charge < -0.3 is 5.11 Å². The zero-order valence-electron chi connectivity index (χ0n) is 8.58. The van der Waals surface area contributed by atoms with Crippen LogP contribution in [-0.2, 0) is 6.42 Å². The van der Waals surface area contributed by atoms with Gasteiger partial charge in [0.1, 0.15) is 0 Å². The van der Waals surface area contributed by atoms with Crippen molar-refractivity contribution in [1.82, 2.24) is 0 Å². The van der Waals surface area contributed by atoms with Crippen LogP contribution in [-0.4, -0.2) is 22.2 Å². The monoisotopic (exact) mass is 286 g/mol. The van der Waals surface area contributed by atoms with Crippen LogP contribution in [0.2, 0.25) is 0 Å². The average molecular weight is 287 g/mol. The molecule has 0 radical (unpaired) electrons. The van der Waals surface area contributed by atoms with Gasteiger partial charge in [-0.2, -0.15) is 11.8 Å². The molecule has 1 N–H and O–H groups in total. The van der Waals surface area contributed by atoms with Gasteiger partial charge in [0, 0.05) is 10.9 Å². The van der Waals surface area contributed by atoms with Gasteiger partial charge in [0.05, 0.1) is 5.60 Å². The van der Waals surface area contributed by atoms with E-state index in [0.717, 1.165) is 35.2 Å². The van der Waals surface area contributed by atoms with Gasteiger partial charge in [-0.25, -0.2) is 0 Å². The highest BCUT2D eigenvalue weighted by molar-refractivity contribution is 9.10. The van der Waals surface area contributed by atoms with E-state index in [4.69, 9.17) is 0 Å². The Morgan fingerprint density at radius 1 is 1.27 bits per heavy atom. The Morgan fingerprint density at radius 2 is 1.93 bits per heavy atom. The minimum absolute atomic E-state index is 0.477. The van der Waals surface area contributed by atoms with E-state index in [1.165, 1.54) is 5.56 Å². The summed E-state index contributed by atoms with van der Waals surface area (Å²) >= 11 is 5.47. The lowest BCUT2D eigenvalue weighted by atomic mass is 9.89. The van der Waals surface area contributed by atoms with Crippen LogP contribution in [0.25, 0.3) is 0 Å². The van der Waals surface area contributed by atoms with Crippen molar-refractivity contribution in [3.05, 3.63) is 34.3 Å². The highest BCUT2D eigenvalue weighted by atomic mass is 79.9. The topological polar surface area (TPSA) is 20.2 Å². The van der Waals surface area contributed by atoms with E-state index in [-0.39, 0.29) is 0 Å². The van der Waals surface area contributed by atoms with Crippen LogP contribution in [0.3, 0.4) is 0 Å². The third-order valence-electron chi connectivity index (χ3n) is 2.90. The van der Waals surface area contributed by atoms with Crippen molar-refractivity contribution >= 4 is 27.7 Å². The molecule has 1 heterocycles. The number of halogens is 1. The van der Waals surface area contributed by atoms with Crippen LogP contribution in [0.1, 0.15) is 18.4 Å². The fraction of sp³-hybridized carbons (Fsp3) is 0.500. The fourth-order valence-corrected chi connectivity index (χ4v) is 3.60. The van der Waals surface area contributed by atoms with Crippen molar-refractivity contribution < 1.29 is 5.11 Å². The predicted molar refractivity (Wildman–Crippen MR) is 69.4 cm³/mol. The second-order valence-electron chi connectivity index (χ2n) is 4.10. The molecule has 2 rings (SSSR count). The van der Waals surface area contributed by atoms with Gasteiger partial charge >= 0.3 is 0 Å². The molecule has 0 bridgehead atoms. The lowest BCUT2D eigenvalue weighted by Crippen LogP contribution is -2.35. The third kappa shape index (κ3) is 2.99. The van der Waals surface area contributed by atoms with E-state index < -0.39 is 5.60 Å². The summed E-state index contributed by atoms with van der Waals surface area (Å²) in [5.41, 5.74) is 0.738. The summed E-state index contributed by atoms with van der Waals surface area (Å²) in [5.74, 6) is 2.17. The molecule has 0 aromatic heterocycles. The lowest BCUT2D eigenvalue weighted by molar-refractivity contribution is 0.0322. The van der Waals surface area contributed by atoms with E-state index in [1.54, 1.807) is 0 Å². The Labute approximate surface area is 103 Å². The molecule has 0 spiro atoms. The normalized spacial score (nSPS) is 20.1. The van der Waals surface area contributed by atoms with Gasteiger partial charge in [0.15, 0.2) is 0 Å². The molecule has 0 atom stereocenters. The summed E-state index contributed by atoms with van der Waals surface area (Å²) in [6.07, 6.45) is 2.60. The molecule has 1 aromatic carbocycles. The van der Waals surface area contributed by atoms with Crippen molar-refractivity contribution in [3.63, 3.8) is 0 Å². The van der Waals surface area contributed by atoms with Gasteiger partial charge in [-0.1, -0.05) is 34.1 Å². The highest BCUT2D eigenvalue weighted by Crippen LogP contribution is 2.31. The smallest absolute Gasteiger partial charge is 0.0704 e. The summed E-state index contributed by atoms with van der Waals surface area (Å²) in [7, 11) is 0. The quantitative estimate of drug-likeness (QED) is 0.901. The van der Waals surface area contributed by atoms with Crippen LogP contribution < -0.4 is 0 Å². The maximum absolute atomic E-state index is 10.4. The van der Waals surface area contributed by atoms with E-state index in [2.05, 4.69) is 22.0 Å². The zero-order chi connectivity index (χ0) is 10.7. The largest absolute Gasteiger partial charge is 0.389 e. The maximum atomic E-state index is 10.4. The Hall–Kier alpha value is 0.01000. The number of aliphatic hydroxyl groups is 1. The molecular formula is C12H15BrOS. The minimum Gasteiger partial charge on any atom is -0.389 e. The third-order valence-corrected chi connectivity index (χ3v) is 4.66. The van der Waals surface area contributed by atoms with E-state index in [1.807, 2.05) is 30.0 Å². The first-order valence-electron chi connectivity index (χ1n) is 5.23. The van der Waals surface area contributed by atoms with Crippen molar-refractivity contribution in [3.8, 4) is 0 Å². The summed E-state index contributed by atoms with van der Waals surface area (Å²) < 4.78 is 1.11. The average Bonchev–Trinajstić information content (AvgIpc) is 2.22. The van der Waals surface area contributed by atoms with Gasteiger partial charge in [0.2, 0.25) is 0 Å². The number of benzene rings is 1. The SMILES string of the molecule is OC1(Cc2ccccc2Br)CCSCC1. The summed E-state index contributed by atoms with van der Waals surface area (Å²) in [6.45, 7) is 0. The molecule has 0 amide bonds. The molecular weight excluding hydrogens is 272 g/mol. The molecule has 1 nitrogen and oxygen atoms in total. The van der Waals surface area contributed by atoms with Crippen LogP contribution in [0, 0.1) is 0 Å². The molecule has 3 heteroatoms. The molecule has 15 heavy (non-hydrogen) atoms. The van der Waals surface area contributed by atoms with Crippen LogP contribution in [0.4, 0.5) is 0 Å². The molecule has 0 saturated carbocycles. The zero-order valence-corrected chi connectivity index (χ0v) is 11.0. The second kappa shape index (κ2) is 4.89. The molecule has 1 saturated heterocycles. The lowest BCUT2D eigenvalue weighted by Gasteiger charge is -2.32. The van der Waals surface area contributed by atoms with Crippen molar-refractivity contribution in [2.24, 2.45) is 0 Å². The molecule has 1 aliphatic rings. The first-order chi connectivity index (χ1) is 7.20. The molecule has 0 unspecified atom stereocenters. The van der Waals surface area contributed by atoms with E-state index >= 15 is 0 Å². The molecule has 1 aliphatic heterocycles. The van der Waals surface area contributed by atoms with Crippen LogP contribution in [0.15, 0.2) is 28.7 Å². The van der Waals surface area contributed by atoms with Crippen molar-refractivity contribution in [2.75, 3.05) is 11.5 Å². The summed E-state index contributed by atoms with van der Waals surface area (Å²) in [5, 5.41) is 10.4. The van der Waals surface area contributed by atoms with Crippen LogP contribution >= 0.6 is 27.7 Å². The first kappa shape index (κ1) is 11.5. The molecule has 1 aromatic rings. The summed E-state index contributed by atoms with van der Waals surface area (Å²) in [6, 6.07) is 8.16. The van der Waals surface area contributed by atoms with Crippen molar-refractivity contribution in [1.29, 1.82) is 0 Å². The van der Waals surface area contributed by atoms with E-state index in [9.17, 15) is 5.11 Å². The molecule has 0 aliphatic carbocycles. The Kier molecular flexibility index (Phi) is 3.75.